The van der Waals surface area contributed by atoms with E-state index in [-0.39, 0.29) is 12.5 Å². The summed E-state index contributed by atoms with van der Waals surface area (Å²) in [5.74, 6) is -1.36. The summed E-state index contributed by atoms with van der Waals surface area (Å²) in [6, 6.07) is 1.66. The number of aryl methyl sites for hydroxylation is 2. The summed E-state index contributed by atoms with van der Waals surface area (Å²) in [6.07, 6.45) is 0.569. The van der Waals surface area contributed by atoms with Gasteiger partial charge in [-0.15, -0.1) is 0 Å². The third kappa shape index (κ3) is 3.76. The highest BCUT2D eigenvalue weighted by molar-refractivity contribution is 5.97. The molecule has 110 valence electrons. The Morgan fingerprint density at radius 1 is 1.30 bits per heavy atom. The van der Waals surface area contributed by atoms with Gasteiger partial charge in [-0.05, 0) is 40.2 Å². The summed E-state index contributed by atoms with van der Waals surface area (Å²) in [5.41, 5.74) is 1.06. The molecule has 0 spiro atoms. The Labute approximate surface area is 118 Å². The summed E-state index contributed by atoms with van der Waals surface area (Å²) in [6.45, 7) is 8.71. The molecule has 1 aromatic heterocycles. The summed E-state index contributed by atoms with van der Waals surface area (Å²) in [7, 11) is 0. The Morgan fingerprint density at radius 3 is 2.35 bits per heavy atom. The third-order valence-corrected chi connectivity index (χ3v) is 2.91. The first-order valence-electron chi connectivity index (χ1n) is 6.53. The Hall–Kier alpha value is -1.98. The van der Waals surface area contributed by atoms with Gasteiger partial charge in [0.05, 0.1) is 17.0 Å². The van der Waals surface area contributed by atoms with Crippen molar-refractivity contribution in [3.63, 3.8) is 0 Å². The molecule has 0 saturated carbocycles. The molecule has 1 rings (SSSR count). The van der Waals surface area contributed by atoms with E-state index in [0.717, 1.165) is 0 Å². The third-order valence-electron chi connectivity index (χ3n) is 2.91. The number of amides is 1. The molecule has 0 aliphatic rings. The zero-order valence-corrected chi connectivity index (χ0v) is 12.6. The minimum absolute atomic E-state index is 0.324. The largest absolute Gasteiger partial charge is 0.480 e. The van der Waals surface area contributed by atoms with E-state index in [9.17, 15) is 9.59 Å². The van der Waals surface area contributed by atoms with Gasteiger partial charge in [-0.3, -0.25) is 9.59 Å². The van der Waals surface area contributed by atoms with Gasteiger partial charge in [-0.1, -0.05) is 6.92 Å². The summed E-state index contributed by atoms with van der Waals surface area (Å²) in [4.78, 5) is 25.0. The maximum atomic E-state index is 12.7. The van der Waals surface area contributed by atoms with Crippen LogP contribution in [-0.4, -0.2) is 44.2 Å². The lowest BCUT2D eigenvalue weighted by Gasteiger charge is -2.34. The topological polar surface area (TPSA) is 83.4 Å². The Bertz CT molecular complexity index is 521. The molecule has 0 fully saturated rings. The molecule has 6 nitrogen and oxygen atoms in total. The van der Waals surface area contributed by atoms with Crippen molar-refractivity contribution in [2.75, 3.05) is 6.54 Å². The monoisotopic (exact) mass is 279 g/mol. The quantitative estimate of drug-likeness (QED) is 0.906. The molecule has 20 heavy (non-hydrogen) atoms. The number of carboxylic acid groups (broad SMARTS) is 1. The minimum Gasteiger partial charge on any atom is -0.480 e. The smallest absolute Gasteiger partial charge is 0.323 e. The Kier molecular flexibility index (Phi) is 4.81. The molecule has 0 aliphatic heterocycles. The van der Waals surface area contributed by atoms with Gasteiger partial charge in [-0.2, -0.15) is 10.2 Å². The molecule has 0 aromatic carbocycles. The van der Waals surface area contributed by atoms with E-state index in [2.05, 4.69) is 10.2 Å². The molecule has 1 aromatic rings. The first-order valence-corrected chi connectivity index (χ1v) is 6.53. The van der Waals surface area contributed by atoms with E-state index in [1.165, 1.54) is 4.90 Å². The first-order chi connectivity index (χ1) is 9.16. The van der Waals surface area contributed by atoms with Gasteiger partial charge in [0.2, 0.25) is 0 Å². The van der Waals surface area contributed by atoms with Crippen molar-refractivity contribution < 1.29 is 14.7 Å². The standard InChI is InChI=1S/C14H21N3O3/c1-6-11-10(7-9(2)15-16-11)13(20)17(8-12(18)19)14(3,4)5/h7H,6,8H2,1-5H3,(H,18,19). The molecule has 1 amide bonds. The van der Waals surface area contributed by atoms with Gasteiger partial charge >= 0.3 is 5.97 Å². The fourth-order valence-electron chi connectivity index (χ4n) is 1.85. The normalized spacial score (nSPS) is 11.2. The number of hydrogen-bond donors (Lipinski definition) is 1. The summed E-state index contributed by atoms with van der Waals surface area (Å²) in [5, 5.41) is 17.0. The van der Waals surface area contributed by atoms with Crippen LogP contribution in [0.3, 0.4) is 0 Å². The number of carbonyl (C=O) groups is 2. The van der Waals surface area contributed by atoms with E-state index in [0.29, 0.717) is 23.4 Å². The number of aliphatic carboxylic acids is 1. The SMILES string of the molecule is CCc1nnc(C)cc1C(=O)N(CC(=O)O)C(C)(C)C. The molecule has 1 N–H and O–H groups in total. The van der Waals surface area contributed by atoms with Crippen LogP contribution in [0.1, 0.15) is 49.4 Å². The first kappa shape index (κ1) is 16.1. The lowest BCUT2D eigenvalue weighted by Crippen LogP contribution is -2.48. The average molecular weight is 279 g/mol. The van der Waals surface area contributed by atoms with Gasteiger partial charge in [0.1, 0.15) is 6.54 Å². The Balaban J connectivity index is 3.25. The summed E-state index contributed by atoms with van der Waals surface area (Å²) >= 11 is 0. The highest BCUT2D eigenvalue weighted by atomic mass is 16.4. The van der Waals surface area contributed by atoms with Crippen molar-refractivity contribution in [1.29, 1.82) is 0 Å². The van der Waals surface area contributed by atoms with Crippen LogP contribution in [0, 0.1) is 6.92 Å². The Morgan fingerprint density at radius 2 is 1.90 bits per heavy atom. The molecule has 0 radical (unpaired) electrons. The number of aromatic nitrogens is 2. The van der Waals surface area contributed by atoms with Gasteiger partial charge in [0.25, 0.3) is 5.91 Å². The van der Waals surface area contributed by atoms with Crippen LogP contribution in [0.15, 0.2) is 6.07 Å². The predicted octanol–water partition coefficient (Wildman–Crippen LogP) is 1.67. The maximum Gasteiger partial charge on any atom is 0.323 e. The van der Waals surface area contributed by atoms with Crippen molar-refractivity contribution in [3.05, 3.63) is 23.0 Å². The van der Waals surface area contributed by atoms with Gasteiger partial charge in [-0.25, -0.2) is 0 Å². The zero-order chi connectivity index (χ0) is 15.5. The highest BCUT2D eigenvalue weighted by Gasteiger charge is 2.30. The van der Waals surface area contributed by atoms with Crippen LogP contribution < -0.4 is 0 Å². The fourth-order valence-corrected chi connectivity index (χ4v) is 1.85. The summed E-state index contributed by atoms with van der Waals surface area (Å²) < 4.78 is 0. The molecule has 0 unspecified atom stereocenters. The van der Waals surface area contributed by atoms with Crippen molar-refractivity contribution in [2.24, 2.45) is 0 Å². The number of hydrogen-bond acceptors (Lipinski definition) is 4. The maximum absolute atomic E-state index is 12.7. The molecule has 0 bridgehead atoms. The molecule has 6 heteroatoms. The molecule has 1 heterocycles. The average Bonchev–Trinajstić information content (AvgIpc) is 2.33. The molecular formula is C14H21N3O3. The van der Waals surface area contributed by atoms with Crippen LogP contribution in [0.2, 0.25) is 0 Å². The van der Waals surface area contributed by atoms with Crippen molar-refractivity contribution in [1.82, 2.24) is 15.1 Å². The number of carbonyl (C=O) groups excluding carboxylic acids is 1. The molecule has 0 aliphatic carbocycles. The van der Waals surface area contributed by atoms with E-state index in [1.807, 2.05) is 6.92 Å². The van der Waals surface area contributed by atoms with Crippen LogP contribution in [0.4, 0.5) is 0 Å². The molecule has 0 saturated heterocycles. The van der Waals surface area contributed by atoms with Gasteiger partial charge < -0.3 is 10.0 Å². The second-order valence-corrected chi connectivity index (χ2v) is 5.66. The van der Waals surface area contributed by atoms with E-state index in [1.54, 1.807) is 33.8 Å². The number of rotatable bonds is 4. The lowest BCUT2D eigenvalue weighted by atomic mass is 10.0. The zero-order valence-electron chi connectivity index (χ0n) is 12.6. The lowest BCUT2D eigenvalue weighted by molar-refractivity contribution is -0.138. The fraction of sp³-hybridized carbons (Fsp3) is 0.571. The predicted molar refractivity (Wildman–Crippen MR) is 74.6 cm³/mol. The molecule has 0 atom stereocenters. The van der Waals surface area contributed by atoms with Crippen LogP contribution in [0.25, 0.3) is 0 Å². The second-order valence-electron chi connectivity index (χ2n) is 5.66. The van der Waals surface area contributed by atoms with Gasteiger partial charge in [0.15, 0.2) is 0 Å². The second kappa shape index (κ2) is 5.98. The highest BCUT2D eigenvalue weighted by Crippen LogP contribution is 2.19. The van der Waals surface area contributed by atoms with Crippen LogP contribution in [-0.2, 0) is 11.2 Å². The van der Waals surface area contributed by atoms with Crippen molar-refractivity contribution in [3.8, 4) is 0 Å². The van der Waals surface area contributed by atoms with Crippen LogP contribution >= 0.6 is 0 Å². The minimum atomic E-state index is -1.04. The number of carboxylic acids is 1. The molecular weight excluding hydrogens is 258 g/mol. The number of nitrogens with zero attached hydrogens (tertiary/aromatic N) is 3. The van der Waals surface area contributed by atoms with Crippen LogP contribution in [0.5, 0.6) is 0 Å². The van der Waals surface area contributed by atoms with Crippen molar-refractivity contribution >= 4 is 11.9 Å². The van der Waals surface area contributed by atoms with E-state index < -0.39 is 11.5 Å². The van der Waals surface area contributed by atoms with E-state index >= 15 is 0 Å². The van der Waals surface area contributed by atoms with Crippen molar-refractivity contribution in [2.45, 2.75) is 46.6 Å². The van der Waals surface area contributed by atoms with E-state index in [4.69, 9.17) is 5.11 Å². The van der Waals surface area contributed by atoms with Gasteiger partial charge in [0, 0.05) is 5.54 Å².